The van der Waals surface area contributed by atoms with E-state index in [2.05, 4.69) is 10.5 Å². The number of nitro groups is 1. The highest BCUT2D eigenvalue weighted by molar-refractivity contribution is 14.1. The lowest BCUT2D eigenvalue weighted by Crippen LogP contribution is -2.43. The van der Waals surface area contributed by atoms with Crippen molar-refractivity contribution in [2.75, 3.05) is 0 Å². The van der Waals surface area contributed by atoms with Gasteiger partial charge in [0, 0.05) is 17.7 Å². The van der Waals surface area contributed by atoms with Crippen molar-refractivity contribution in [1.82, 2.24) is 5.43 Å². The van der Waals surface area contributed by atoms with Crippen LogP contribution in [0, 0.1) is 13.7 Å². The first-order valence-electron chi connectivity index (χ1n) is 8.68. The molecule has 0 unspecified atom stereocenters. The Morgan fingerprint density at radius 3 is 2.10 bits per heavy atom. The Morgan fingerprint density at radius 2 is 1.60 bits per heavy atom. The second-order valence-corrected chi connectivity index (χ2v) is 7.43. The van der Waals surface area contributed by atoms with Crippen LogP contribution in [0.25, 0.3) is 0 Å². The van der Waals surface area contributed by atoms with Crippen molar-refractivity contribution in [2.24, 2.45) is 5.10 Å². The number of hydrazone groups is 1. The molecule has 30 heavy (non-hydrogen) atoms. The number of nitrogens with zero attached hydrogens (tertiary/aromatic N) is 2. The number of amides is 1. The number of nitro benzene ring substituents is 1. The number of phenols is 1. The summed E-state index contributed by atoms with van der Waals surface area (Å²) in [4.78, 5) is 23.4. The van der Waals surface area contributed by atoms with Crippen LogP contribution in [-0.4, -0.2) is 27.3 Å². The van der Waals surface area contributed by atoms with Crippen LogP contribution in [0.1, 0.15) is 16.7 Å². The van der Waals surface area contributed by atoms with Crippen LogP contribution in [0.3, 0.4) is 0 Å². The molecule has 3 aromatic rings. The highest BCUT2D eigenvalue weighted by Crippen LogP contribution is 2.30. The predicted molar refractivity (Wildman–Crippen MR) is 119 cm³/mol. The maximum absolute atomic E-state index is 12.9. The zero-order valence-corrected chi connectivity index (χ0v) is 17.6. The summed E-state index contributed by atoms with van der Waals surface area (Å²) in [5, 5.41) is 36.2. The fraction of sp³-hybridized carbons (Fsp3) is 0.0476. The second kappa shape index (κ2) is 9.01. The van der Waals surface area contributed by atoms with E-state index >= 15 is 0 Å². The highest BCUT2D eigenvalue weighted by atomic mass is 127. The van der Waals surface area contributed by atoms with Gasteiger partial charge in [0.25, 0.3) is 11.6 Å². The van der Waals surface area contributed by atoms with E-state index in [9.17, 15) is 25.1 Å². The molecule has 0 radical (unpaired) electrons. The third-order valence-electron chi connectivity index (χ3n) is 4.37. The lowest BCUT2D eigenvalue weighted by Gasteiger charge is -2.27. The summed E-state index contributed by atoms with van der Waals surface area (Å²) in [6, 6.07) is 19.1. The van der Waals surface area contributed by atoms with Gasteiger partial charge in [-0.1, -0.05) is 60.7 Å². The van der Waals surface area contributed by atoms with Crippen LogP contribution in [-0.2, 0) is 10.4 Å². The minimum atomic E-state index is -2.01. The molecule has 0 aliphatic rings. The number of rotatable bonds is 6. The summed E-state index contributed by atoms with van der Waals surface area (Å²) >= 11 is 1.76. The zero-order valence-electron chi connectivity index (χ0n) is 15.4. The number of carbonyl (C=O) groups excluding carboxylic acids is 1. The second-order valence-electron chi connectivity index (χ2n) is 6.26. The third kappa shape index (κ3) is 4.31. The lowest BCUT2D eigenvalue weighted by molar-refractivity contribution is -0.385. The van der Waals surface area contributed by atoms with Crippen molar-refractivity contribution >= 4 is 40.4 Å². The molecule has 152 valence electrons. The van der Waals surface area contributed by atoms with Crippen LogP contribution in [0.2, 0.25) is 0 Å². The van der Waals surface area contributed by atoms with Gasteiger partial charge in [0.2, 0.25) is 0 Å². The first kappa shape index (κ1) is 21.4. The quantitative estimate of drug-likeness (QED) is 0.200. The molecule has 0 heterocycles. The van der Waals surface area contributed by atoms with Crippen molar-refractivity contribution in [3.8, 4) is 5.75 Å². The monoisotopic (exact) mass is 517 g/mol. The molecule has 8 nitrogen and oxygen atoms in total. The van der Waals surface area contributed by atoms with Crippen LogP contribution >= 0.6 is 22.6 Å². The van der Waals surface area contributed by atoms with Gasteiger partial charge in [0.05, 0.1) is 14.7 Å². The molecule has 1 amide bonds. The van der Waals surface area contributed by atoms with Gasteiger partial charge in [0.15, 0.2) is 5.60 Å². The Kier molecular flexibility index (Phi) is 6.43. The standard InChI is InChI=1S/C21H16IN3O5/c22-18-12-17(25(29)30)11-14(19(18)26)13-23-24-20(27)21(28,15-7-3-1-4-8-15)16-9-5-2-6-10-16/h1-13,26,28H,(H,24,27)/b23-13-. The Bertz CT molecular complexity index is 1060. The van der Waals surface area contributed by atoms with E-state index in [-0.39, 0.29) is 20.6 Å². The van der Waals surface area contributed by atoms with E-state index < -0.39 is 16.4 Å². The first-order valence-corrected chi connectivity index (χ1v) is 9.75. The average Bonchev–Trinajstić information content (AvgIpc) is 2.76. The van der Waals surface area contributed by atoms with Gasteiger partial charge >= 0.3 is 0 Å². The van der Waals surface area contributed by atoms with Crippen molar-refractivity contribution in [2.45, 2.75) is 5.60 Å². The van der Waals surface area contributed by atoms with Gasteiger partial charge in [-0.3, -0.25) is 14.9 Å². The third-order valence-corrected chi connectivity index (χ3v) is 5.19. The number of benzene rings is 3. The van der Waals surface area contributed by atoms with Gasteiger partial charge in [-0.15, -0.1) is 0 Å². The van der Waals surface area contributed by atoms with E-state index in [1.165, 1.54) is 6.07 Å². The van der Waals surface area contributed by atoms with Gasteiger partial charge < -0.3 is 10.2 Å². The Hall–Kier alpha value is -3.31. The Balaban J connectivity index is 1.92. The molecular weight excluding hydrogens is 501 g/mol. The van der Waals surface area contributed by atoms with Crippen LogP contribution in [0.15, 0.2) is 77.9 Å². The van der Waals surface area contributed by atoms with Gasteiger partial charge in [-0.25, -0.2) is 5.43 Å². The fourth-order valence-electron chi connectivity index (χ4n) is 2.84. The molecule has 0 fully saturated rings. The normalized spacial score (nSPS) is 11.4. The summed E-state index contributed by atoms with van der Waals surface area (Å²) in [5.74, 6) is -1.03. The van der Waals surface area contributed by atoms with Crippen LogP contribution < -0.4 is 5.43 Å². The number of aromatic hydroxyl groups is 1. The topological polar surface area (TPSA) is 125 Å². The lowest BCUT2D eigenvalue weighted by atomic mass is 9.85. The maximum Gasteiger partial charge on any atom is 0.281 e. The molecule has 3 aromatic carbocycles. The smallest absolute Gasteiger partial charge is 0.281 e. The molecule has 0 spiro atoms. The zero-order chi connectivity index (χ0) is 21.7. The SMILES string of the molecule is O=C(N/N=C\c1cc([N+](=O)[O-])cc(I)c1O)C(O)(c1ccccc1)c1ccccc1. The summed E-state index contributed by atoms with van der Waals surface area (Å²) < 4.78 is 0.264. The van der Waals surface area contributed by atoms with Crippen molar-refractivity contribution in [3.05, 3.63) is 103 Å². The Labute approximate surface area is 185 Å². The summed E-state index contributed by atoms with van der Waals surface area (Å²) in [5.41, 5.74) is 0.760. The molecule has 3 N–H and O–H groups in total. The molecule has 0 aliphatic carbocycles. The van der Waals surface area contributed by atoms with Gasteiger partial charge in [-0.2, -0.15) is 5.10 Å². The molecular formula is C21H16IN3O5. The van der Waals surface area contributed by atoms with E-state index in [0.29, 0.717) is 11.1 Å². The van der Waals surface area contributed by atoms with E-state index in [0.717, 1.165) is 12.3 Å². The summed E-state index contributed by atoms with van der Waals surface area (Å²) in [7, 11) is 0. The number of phenolic OH excluding ortho intramolecular Hbond substituents is 1. The van der Waals surface area contributed by atoms with E-state index in [1.807, 2.05) is 0 Å². The Morgan fingerprint density at radius 1 is 1.07 bits per heavy atom. The summed E-state index contributed by atoms with van der Waals surface area (Å²) in [6.45, 7) is 0. The van der Waals surface area contributed by atoms with Crippen LogP contribution in [0.5, 0.6) is 5.75 Å². The average molecular weight is 517 g/mol. The number of hydrogen-bond donors (Lipinski definition) is 3. The molecule has 0 atom stereocenters. The number of nitrogens with one attached hydrogen (secondary N) is 1. The molecule has 0 aliphatic heterocycles. The highest BCUT2D eigenvalue weighted by Gasteiger charge is 2.39. The van der Waals surface area contributed by atoms with Crippen molar-refractivity contribution < 1.29 is 19.9 Å². The van der Waals surface area contributed by atoms with Gasteiger partial charge in [0.1, 0.15) is 5.75 Å². The molecule has 3 rings (SSSR count). The fourth-order valence-corrected chi connectivity index (χ4v) is 3.47. The number of carbonyl (C=O) groups is 1. The molecule has 0 saturated carbocycles. The number of non-ortho nitro benzene ring substituents is 1. The van der Waals surface area contributed by atoms with Crippen LogP contribution in [0.4, 0.5) is 5.69 Å². The minimum Gasteiger partial charge on any atom is -0.506 e. The molecule has 0 bridgehead atoms. The largest absolute Gasteiger partial charge is 0.506 e. The molecule has 9 heteroatoms. The number of halogens is 1. The number of aliphatic hydroxyl groups is 1. The minimum absolute atomic E-state index is 0.0527. The number of hydrogen-bond acceptors (Lipinski definition) is 6. The maximum atomic E-state index is 12.9. The predicted octanol–water partition coefficient (Wildman–Crippen LogP) is 3.29. The van der Waals surface area contributed by atoms with E-state index in [1.54, 1.807) is 83.3 Å². The van der Waals surface area contributed by atoms with Crippen molar-refractivity contribution in [1.29, 1.82) is 0 Å². The molecule has 0 aromatic heterocycles. The molecule has 0 saturated heterocycles. The van der Waals surface area contributed by atoms with Gasteiger partial charge in [-0.05, 0) is 33.7 Å². The first-order chi connectivity index (χ1) is 14.3. The van der Waals surface area contributed by atoms with Crippen molar-refractivity contribution in [3.63, 3.8) is 0 Å². The summed E-state index contributed by atoms with van der Waals surface area (Å²) in [6.07, 6.45) is 1.08. The van der Waals surface area contributed by atoms with E-state index in [4.69, 9.17) is 0 Å².